The molecule has 21 heteroatoms. The summed E-state index contributed by atoms with van der Waals surface area (Å²) in [6.45, 7) is 38.0. The van der Waals surface area contributed by atoms with E-state index >= 15 is 0 Å². The Morgan fingerprint density at radius 3 is 0.951 bits per heavy atom. The predicted octanol–water partition coefficient (Wildman–Crippen LogP) is 28.3. The zero-order chi connectivity index (χ0) is 92.6. The Morgan fingerprint density at radius 1 is 0.252 bits per heavy atom. The fraction of sp³-hybridized carbons (Fsp3) is 0.412. The molecule has 658 valence electrons. The molecule has 0 unspecified atom stereocenters. The summed E-state index contributed by atoms with van der Waals surface area (Å²) in [6, 6.07) is 43.9. The molecule has 0 saturated carbocycles. The molecule has 0 aliphatic heterocycles. The minimum absolute atomic E-state index is 0.0618. The highest BCUT2D eigenvalue weighted by atomic mass is 19.4. The average Bonchev–Trinajstić information content (AvgIpc) is 0.766. The minimum atomic E-state index is -4.46. The highest BCUT2D eigenvalue weighted by Crippen LogP contribution is 2.48. The molecule has 12 rings (SSSR count). The quantitative estimate of drug-likeness (QED) is 0.0762. The van der Waals surface area contributed by atoms with Crippen LogP contribution in [0.15, 0.2) is 146 Å². The molecule has 0 N–H and O–H groups in total. The summed E-state index contributed by atoms with van der Waals surface area (Å²) >= 11 is 0. The second-order valence-corrected chi connectivity index (χ2v) is 37.4. The number of nitrogens with zero attached hydrogens (tertiary/aromatic N) is 4. The van der Waals surface area contributed by atoms with Gasteiger partial charge in [0.25, 0.3) is 0 Å². The van der Waals surface area contributed by atoms with Crippen LogP contribution in [0.25, 0.3) is 88.6 Å². The first-order valence-electron chi connectivity index (χ1n) is 41.0. The van der Waals surface area contributed by atoms with E-state index in [1.165, 1.54) is 57.5 Å². The lowest BCUT2D eigenvalue weighted by Crippen LogP contribution is -2.36. The topological polar surface area (TPSA) is 15.5 Å². The molecule has 12 aromatic rings. The summed E-state index contributed by atoms with van der Waals surface area (Å²) in [7, 11) is 7.50. The molecule has 123 heavy (non-hydrogen) atoms. The number of aromatic nitrogens is 4. The van der Waals surface area contributed by atoms with Gasteiger partial charge in [-0.2, -0.15) is 84.1 Å². The molecule has 0 bridgehead atoms. The van der Waals surface area contributed by atoms with Gasteiger partial charge in [-0.3, -0.25) is 0 Å². The molecule has 0 radical (unpaired) electrons. The van der Waals surface area contributed by atoms with Crippen molar-refractivity contribution in [1.29, 1.82) is 0 Å². The summed E-state index contributed by atoms with van der Waals surface area (Å²) in [5, 5.41) is 2.24. The second-order valence-electron chi connectivity index (χ2n) is 37.4. The largest absolute Gasteiger partial charge is 0.394 e. The van der Waals surface area contributed by atoms with Gasteiger partial charge in [-0.25, -0.2) is 8.78 Å². The number of hydrogen-bond acceptors (Lipinski definition) is 0. The number of alkyl halides is 15. The monoisotopic (exact) mass is 1720 g/mol. The van der Waals surface area contributed by atoms with Crippen molar-refractivity contribution in [3.8, 4) is 45.0 Å². The molecule has 0 fully saturated rings. The van der Waals surface area contributed by atoms with Crippen LogP contribution in [0.4, 0.5) is 74.6 Å². The number of rotatable bonds is 14. The van der Waals surface area contributed by atoms with Crippen LogP contribution in [0.1, 0.15) is 169 Å². The first kappa shape index (κ1) is 97.0. The molecule has 0 aliphatic rings. The number of hydrogen-bond donors (Lipinski definition) is 0. The number of pyridine rings is 4. The molecule has 0 saturated heterocycles. The fourth-order valence-electron chi connectivity index (χ4n) is 16.3. The summed E-state index contributed by atoms with van der Waals surface area (Å²) in [5.74, 6) is -0.964. The van der Waals surface area contributed by atoms with E-state index in [0.717, 1.165) is 170 Å². The lowest BCUT2D eigenvalue weighted by molar-refractivity contribution is -0.633. The second kappa shape index (κ2) is 35.0. The van der Waals surface area contributed by atoms with Crippen LogP contribution < -0.4 is 18.3 Å². The lowest BCUT2D eigenvalue weighted by atomic mass is 9.80. The Labute approximate surface area is 712 Å². The Hall–Kier alpha value is -9.79. The highest BCUT2D eigenvalue weighted by molar-refractivity contribution is 5.86. The third kappa shape index (κ3) is 20.6. The molecule has 0 amide bonds. The van der Waals surface area contributed by atoms with Gasteiger partial charge in [-0.05, 0) is 255 Å². The van der Waals surface area contributed by atoms with Crippen LogP contribution in [0.5, 0.6) is 0 Å². The number of aryl methyl sites for hydroxylation is 13. The summed E-state index contributed by atoms with van der Waals surface area (Å²) in [6.07, 6.45) is -23.2. The molecular formula is C102H115F17N4+4. The summed E-state index contributed by atoms with van der Waals surface area (Å²) in [5.41, 5.74) is 17.1. The van der Waals surface area contributed by atoms with Crippen molar-refractivity contribution in [2.24, 2.45) is 55.3 Å². The van der Waals surface area contributed by atoms with Gasteiger partial charge in [0.15, 0.2) is 0 Å². The Kier molecular flexibility index (Phi) is 27.6. The van der Waals surface area contributed by atoms with E-state index in [-0.39, 0.29) is 37.5 Å². The van der Waals surface area contributed by atoms with Crippen molar-refractivity contribution in [2.45, 2.75) is 222 Å². The lowest BCUT2D eigenvalue weighted by Gasteiger charge is -2.30. The molecular weight excluding hydrogens is 1600 g/mol. The third-order valence-electron chi connectivity index (χ3n) is 25.0. The molecule has 0 spiro atoms. The maximum absolute atomic E-state index is 14.7. The van der Waals surface area contributed by atoms with Crippen molar-refractivity contribution < 1.29 is 92.9 Å². The van der Waals surface area contributed by atoms with E-state index in [1.807, 2.05) is 154 Å². The van der Waals surface area contributed by atoms with Gasteiger partial charge in [0.05, 0.1) is 37.8 Å². The molecule has 4 nitrogen and oxygen atoms in total. The van der Waals surface area contributed by atoms with E-state index < -0.39 is 69.6 Å². The van der Waals surface area contributed by atoms with Crippen LogP contribution in [-0.2, 0) is 60.3 Å². The van der Waals surface area contributed by atoms with Crippen LogP contribution in [0, 0.1) is 129 Å². The summed E-state index contributed by atoms with van der Waals surface area (Å²) in [4.78, 5) is 0. The van der Waals surface area contributed by atoms with Crippen molar-refractivity contribution in [2.75, 3.05) is 0 Å². The van der Waals surface area contributed by atoms with E-state index in [1.54, 1.807) is 42.5 Å². The van der Waals surface area contributed by atoms with Crippen molar-refractivity contribution >= 4 is 43.6 Å². The highest BCUT2D eigenvalue weighted by Gasteiger charge is 2.52. The fourth-order valence-corrected chi connectivity index (χ4v) is 16.3. The summed E-state index contributed by atoms with van der Waals surface area (Å²) < 4.78 is 241. The van der Waals surface area contributed by atoms with Crippen LogP contribution in [-0.4, -0.2) is 30.9 Å². The minimum Gasteiger partial charge on any atom is -0.207 e. The Morgan fingerprint density at radius 2 is 0.561 bits per heavy atom. The SMILES string of the molecule is Cc1cc(C)c(C)c(-c2cc(CC(C)(C)C(F)(F)F)c3c(F)cccc3[n+]2C)c1.Cc1cc(C)c(C)c(-c2cc(CC(C)(C)C(F)(F)F)c3cc(F)ccc3[n+]2C)c1.Cc1cc(C)c(C)c(-c2cc(CC(C)(C)C(F)(F)F)c3ccc(C)cc3[n+]2C)c1.Cc1cc(C)c(C)c(-c2ccc3c(CC(C)(C)C(F)(F)F)cc(CC(C)(C)C(F)(F)F)cc3[n+]2C)c1. The van der Waals surface area contributed by atoms with Gasteiger partial charge in [0.1, 0.15) is 39.8 Å². The Bertz CT molecular complexity index is 5970. The van der Waals surface area contributed by atoms with Crippen LogP contribution >= 0.6 is 0 Å². The van der Waals surface area contributed by atoms with Gasteiger partial charge in [0, 0.05) is 81.6 Å². The molecule has 4 aromatic heterocycles. The van der Waals surface area contributed by atoms with Gasteiger partial charge in [-0.15, -0.1) is 0 Å². The predicted molar refractivity (Wildman–Crippen MR) is 461 cm³/mol. The Balaban J connectivity index is 0.000000187. The number of halogens is 17. The van der Waals surface area contributed by atoms with Crippen molar-refractivity contribution in [3.05, 3.63) is 257 Å². The first-order chi connectivity index (χ1) is 56.2. The van der Waals surface area contributed by atoms with E-state index in [0.29, 0.717) is 49.6 Å². The normalized spacial score (nSPS) is 12.9. The van der Waals surface area contributed by atoms with E-state index in [9.17, 15) is 74.6 Å². The van der Waals surface area contributed by atoms with Gasteiger partial charge < -0.3 is 0 Å². The molecule has 8 aromatic carbocycles. The van der Waals surface area contributed by atoms with Crippen molar-refractivity contribution in [3.63, 3.8) is 0 Å². The smallest absolute Gasteiger partial charge is 0.207 e. The van der Waals surface area contributed by atoms with E-state index in [2.05, 4.69) is 61.7 Å². The number of fused-ring (bicyclic) bond motifs is 4. The number of benzene rings is 8. The zero-order valence-corrected chi connectivity index (χ0v) is 75.6. The van der Waals surface area contributed by atoms with Gasteiger partial charge in [0.2, 0.25) is 44.8 Å². The molecule has 0 aliphatic carbocycles. The maximum atomic E-state index is 14.7. The van der Waals surface area contributed by atoms with Crippen molar-refractivity contribution in [1.82, 2.24) is 0 Å². The first-order valence-corrected chi connectivity index (χ1v) is 41.0. The standard InChI is InChI=1S/C29H34F6N.C25H29F3N.2C24H26F4N/c1-17-11-18(2)19(3)23(12-17)24-10-9-22-21(16-27(6,7)29(33,34)35)13-20(14-25(22)36(24)8)15-26(4,5)28(30,31)32;1-15-8-9-20-19(14-24(5,6)25(26,27)28)13-23(29(7)22(20)12-15)21-11-16(2)10-17(3)18(21)4;1-14-9-15(2)16(3)19(10-14)22-11-17(13-23(4,5)24(26,27)28)20-12-18(25)7-8-21(20)29(22)6;1-14-10-15(2)16(3)18(11-14)21-12-17(13-23(4,5)24(26,27)28)22-19(25)8-7-9-20(22)29(21)6/h9-14H,15-16H2,1-8H3;8-13H,14H2,1-7H3;2*7-12H,13H2,1-6H3/q4*+1. The maximum Gasteiger partial charge on any atom is 0.394 e. The molecule has 0 atom stereocenters. The molecule has 4 heterocycles. The van der Waals surface area contributed by atoms with Crippen LogP contribution in [0.3, 0.4) is 0 Å². The van der Waals surface area contributed by atoms with Gasteiger partial charge >= 0.3 is 30.9 Å². The third-order valence-corrected chi connectivity index (χ3v) is 25.0. The van der Waals surface area contributed by atoms with E-state index in [4.69, 9.17) is 0 Å². The van der Waals surface area contributed by atoms with Gasteiger partial charge in [-0.1, -0.05) is 134 Å². The van der Waals surface area contributed by atoms with Crippen LogP contribution in [0.2, 0.25) is 0 Å². The zero-order valence-electron chi connectivity index (χ0n) is 75.6. The average molecular weight is 1720 g/mol.